The molecule has 3 aromatic rings. The molecule has 2 aliphatic heterocycles. The lowest BCUT2D eigenvalue weighted by Gasteiger charge is -2.40. The minimum absolute atomic E-state index is 0.0830. The van der Waals surface area contributed by atoms with Crippen LogP contribution in [-0.2, 0) is 9.53 Å². The first kappa shape index (κ1) is 26.6. The molecule has 0 unspecified atom stereocenters. The van der Waals surface area contributed by atoms with Crippen LogP contribution in [0.3, 0.4) is 0 Å². The van der Waals surface area contributed by atoms with Gasteiger partial charge in [-0.3, -0.25) is 19.9 Å². The number of cyclic esters (lactones) is 1. The Bertz CT molecular complexity index is 1510. The Balaban J connectivity index is 1.44. The van der Waals surface area contributed by atoms with Crippen molar-refractivity contribution < 1.29 is 38.0 Å². The Hall–Kier alpha value is -4.58. The molecule has 1 aromatic heterocycles. The third kappa shape index (κ3) is 4.63. The van der Waals surface area contributed by atoms with Gasteiger partial charge in [-0.05, 0) is 65.3 Å². The predicted octanol–water partition coefficient (Wildman–Crippen LogP) is 3.12. The molecule has 12 heteroatoms. The summed E-state index contributed by atoms with van der Waals surface area (Å²) >= 11 is 5.55. The molecule has 0 radical (unpaired) electrons. The van der Waals surface area contributed by atoms with Crippen molar-refractivity contribution >= 4 is 29.2 Å². The van der Waals surface area contributed by atoms with Gasteiger partial charge in [0.15, 0.2) is 28.1 Å². The Labute approximate surface area is 241 Å². The Morgan fingerprint density at radius 2 is 1.71 bits per heavy atom. The van der Waals surface area contributed by atoms with Crippen LogP contribution in [0.1, 0.15) is 39.0 Å². The highest BCUT2D eigenvalue weighted by atomic mass is 32.1. The lowest BCUT2D eigenvalue weighted by molar-refractivity contribution is -0.141. The zero-order valence-corrected chi connectivity index (χ0v) is 23.3. The molecule has 0 spiro atoms. The monoisotopic (exact) mass is 577 g/mol. The quantitative estimate of drug-likeness (QED) is 0.332. The van der Waals surface area contributed by atoms with E-state index in [4.69, 9.17) is 40.6 Å². The number of ether oxygens (including phenoxy) is 6. The number of amides is 1. The van der Waals surface area contributed by atoms with Crippen molar-refractivity contribution in [3.63, 3.8) is 0 Å². The standard InChI is InChI=1S/C29H27N3O8S/c1-35-21-7-15(8-22(36-2)26(21)37-3)23-16-9-19-20(40-13-39-19)10-17(16)25(18-12-38-28(34)24(18)23)31-29(41)32-27(33)14-5-4-6-30-11-14/h4-11,18,23-25H,12-13H2,1-3H3,(H2,31,32,33,41)/t18-,23+,24-,25+/m0/s1. The summed E-state index contributed by atoms with van der Waals surface area (Å²) in [7, 11) is 4.62. The lowest BCUT2D eigenvalue weighted by atomic mass is 9.65. The van der Waals surface area contributed by atoms with Gasteiger partial charge in [0, 0.05) is 24.2 Å². The number of benzene rings is 2. The number of hydrogen-bond acceptors (Lipinski definition) is 10. The number of carbonyl (C=O) groups is 2. The van der Waals surface area contributed by atoms with Gasteiger partial charge in [0.2, 0.25) is 12.5 Å². The highest BCUT2D eigenvalue weighted by molar-refractivity contribution is 7.80. The fraction of sp³-hybridized carbons (Fsp3) is 0.310. The average molecular weight is 578 g/mol. The van der Waals surface area contributed by atoms with E-state index in [-0.39, 0.29) is 30.4 Å². The molecule has 1 fully saturated rings. The molecule has 0 saturated carbocycles. The van der Waals surface area contributed by atoms with Crippen LogP contribution in [0.5, 0.6) is 28.7 Å². The zero-order valence-electron chi connectivity index (χ0n) is 22.5. The number of nitrogens with one attached hydrogen (secondary N) is 2. The van der Waals surface area contributed by atoms with Crippen molar-refractivity contribution in [3.05, 3.63) is 71.0 Å². The first-order chi connectivity index (χ1) is 19.9. The van der Waals surface area contributed by atoms with Crippen LogP contribution in [0.4, 0.5) is 0 Å². The van der Waals surface area contributed by atoms with Crippen LogP contribution in [0.25, 0.3) is 0 Å². The summed E-state index contributed by atoms with van der Waals surface area (Å²) in [4.78, 5) is 30.1. The second-order valence-electron chi connectivity index (χ2n) is 9.74. The van der Waals surface area contributed by atoms with E-state index in [9.17, 15) is 9.59 Å². The summed E-state index contributed by atoms with van der Waals surface area (Å²) in [5, 5.41) is 6.10. The zero-order chi connectivity index (χ0) is 28.7. The summed E-state index contributed by atoms with van der Waals surface area (Å²) in [6.07, 6.45) is 3.04. The summed E-state index contributed by atoms with van der Waals surface area (Å²) in [5.74, 6) is 0.429. The highest BCUT2D eigenvalue weighted by Gasteiger charge is 2.53. The largest absolute Gasteiger partial charge is 0.493 e. The molecule has 3 aliphatic rings. The fourth-order valence-corrected chi connectivity index (χ4v) is 6.10. The molecule has 1 saturated heterocycles. The Morgan fingerprint density at radius 3 is 2.34 bits per heavy atom. The smallest absolute Gasteiger partial charge is 0.310 e. The number of fused-ring (bicyclic) bond motifs is 3. The van der Waals surface area contributed by atoms with E-state index in [1.807, 2.05) is 24.3 Å². The number of thiocarbonyl (C=S) groups is 1. The van der Waals surface area contributed by atoms with Crippen LogP contribution in [0, 0.1) is 11.8 Å². The van der Waals surface area contributed by atoms with Gasteiger partial charge in [0.05, 0.1) is 45.5 Å². The second-order valence-corrected chi connectivity index (χ2v) is 10.1. The van der Waals surface area contributed by atoms with Crippen LogP contribution in [0.15, 0.2) is 48.8 Å². The number of hydrogen-bond donors (Lipinski definition) is 2. The number of nitrogens with zero attached hydrogens (tertiary/aromatic N) is 1. The predicted molar refractivity (Wildman–Crippen MR) is 149 cm³/mol. The minimum atomic E-state index is -0.583. The van der Waals surface area contributed by atoms with E-state index < -0.39 is 23.8 Å². The van der Waals surface area contributed by atoms with E-state index >= 15 is 0 Å². The number of esters is 1. The van der Waals surface area contributed by atoms with E-state index in [1.165, 1.54) is 13.3 Å². The molecule has 41 heavy (non-hydrogen) atoms. The van der Waals surface area contributed by atoms with Crippen molar-refractivity contribution in [1.82, 2.24) is 15.6 Å². The first-order valence-electron chi connectivity index (χ1n) is 12.8. The SMILES string of the molecule is COc1cc([C@@H]2c3cc4c(cc3[C@@H](NC(=S)NC(=O)c3cccnc3)[C@H]3COC(=O)[C@H]23)OCO4)cc(OC)c1OC. The van der Waals surface area contributed by atoms with Crippen molar-refractivity contribution in [2.45, 2.75) is 12.0 Å². The molecule has 3 heterocycles. The average Bonchev–Trinajstić information content (AvgIpc) is 3.62. The maximum absolute atomic E-state index is 13.4. The summed E-state index contributed by atoms with van der Waals surface area (Å²) in [6.45, 7) is 0.245. The fourth-order valence-electron chi connectivity index (χ4n) is 5.88. The topological polar surface area (TPSA) is 126 Å². The van der Waals surface area contributed by atoms with Gasteiger partial charge < -0.3 is 33.7 Å². The molecule has 6 rings (SSSR count). The Kier molecular flexibility index (Phi) is 7.00. The molecule has 212 valence electrons. The van der Waals surface area contributed by atoms with Gasteiger partial charge in [-0.25, -0.2) is 0 Å². The summed E-state index contributed by atoms with van der Waals surface area (Å²) in [6, 6.07) is 10.3. The minimum Gasteiger partial charge on any atom is -0.493 e. The van der Waals surface area contributed by atoms with E-state index in [1.54, 1.807) is 32.5 Å². The van der Waals surface area contributed by atoms with E-state index in [0.29, 0.717) is 34.3 Å². The van der Waals surface area contributed by atoms with Gasteiger partial charge in [-0.2, -0.15) is 0 Å². The molecule has 11 nitrogen and oxygen atoms in total. The number of carbonyl (C=O) groups excluding carboxylic acids is 2. The molecule has 1 aliphatic carbocycles. The van der Waals surface area contributed by atoms with Crippen LogP contribution in [0.2, 0.25) is 0 Å². The maximum atomic E-state index is 13.4. The lowest BCUT2D eigenvalue weighted by Crippen LogP contribution is -2.47. The molecule has 2 N–H and O–H groups in total. The van der Waals surface area contributed by atoms with E-state index in [0.717, 1.165) is 16.7 Å². The van der Waals surface area contributed by atoms with Crippen LogP contribution < -0.4 is 34.3 Å². The number of aromatic nitrogens is 1. The van der Waals surface area contributed by atoms with Crippen LogP contribution >= 0.6 is 12.2 Å². The Morgan fingerprint density at radius 1 is 1.00 bits per heavy atom. The van der Waals surface area contributed by atoms with Gasteiger partial charge in [-0.1, -0.05) is 0 Å². The van der Waals surface area contributed by atoms with Crippen molar-refractivity contribution in [2.24, 2.45) is 11.8 Å². The van der Waals surface area contributed by atoms with Gasteiger partial charge in [0.25, 0.3) is 5.91 Å². The molecular weight excluding hydrogens is 550 g/mol. The summed E-state index contributed by atoms with van der Waals surface area (Å²) < 4.78 is 33.8. The van der Waals surface area contributed by atoms with Crippen LogP contribution in [-0.4, -0.2) is 56.7 Å². The highest BCUT2D eigenvalue weighted by Crippen LogP contribution is 2.55. The third-order valence-electron chi connectivity index (χ3n) is 7.67. The van der Waals surface area contributed by atoms with E-state index in [2.05, 4.69) is 15.6 Å². The third-order valence-corrected chi connectivity index (χ3v) is 7.89. The maximum Gasteiger partial charge on any atom is 0.310 e. The normalized spacial score (nSPS) is 21.7. The molecule has 1 amide bonds. The number of pyridine rings is 1. The summed E-state index contributed by atoms with van der Waals surface area (Å²) in [5.41, 5.74) is 2.80. The van der Waals surface area contributed by atoms with Gasteiger partial charge in [-0.15, -0.1) is 0 Å². The second kappa shape index (κ2) is 10.8. The van der Waals surface area contributed by atoms with Crippen molar-refractivity contribution in [3.8, 4) is 28.7 Å². The first-order valence-corrected chi connectivity index (χ1v) is 13.3. The van der Waals surface area contributed by atoms with Gasteiger partial charge >= 0.3 is 5.97 Å². The molecule has 4 atom stereocenters. The number of rotatable bonds is 6. The number of methoxy groups -OCH3 is 3. The van der Waals surface area contributed by atoms with Crippen molar-refractivity contribution in [1.29, 1.82) is 0 Å². The molecule has 2 aromatic carbocycles. The molecular formula is C29H27N3O8S. The molecule has 0 bridgehead atoms. The van der Waals surface area contributed by atoms with Gasteiger partial charge in [0.1, 0.15) is 0 Å². The van der Waals surface area contributed by atoms with Crippen molar-refractivity contribution in [2.75, 3.05) is 34.7 Å².